The largest absolute Gasteiger partial charge is 0.493 e. The Morgan fingerprint density at radius 2 is 2.03 bits per heavy atom. The fourth-order valence-electron chi connectivity index (χ4n) is 4.73. The number of hydrogen-bond donors (Lipinski definition) is 0. The molecule has 2 unspecified atom stereocenters. The van der Waals surface area contributed by atoms with Gasteiger partial charge >= 0.3 is 5.97 Å². The topological polar surface area (TPSA) is 68.0 Å². The molecule has 3 heterocycles. The Bertz CT molecular complexity index is 1070. The number of ether oxygens (including phenoxy) is 2. The minimum atomic E-state index is -0.344. The highest BCUT2D eigenvalue weighted by atomic mass is 16.5. The summed E-state index contributed by atoms with van der Waals surface area (Å²) in [5.74, 6) is 1.82. The number of esters is 1. The van der Waals surface area contributed by atoms with Crippen LogP contribution in [0.2, 0.25) is 0 Å². The Morgan fingerprint density at radius 1 is 1.13 bits per heavy atom. The SMILES string of the molecule is COC(=O)c1cccc(OCC2CCC3CN(c4noc5ccccc45)CCN3C2)c1. The van der Waals surface area contributed by atoms with Gasteiger partial charge in [-0.2, -0.15) is 0 Å². The molecular weight excluding hydrogens is 394 g/mol. The third kappa shape index (κ3) is 4.10. The van der Waals surface area contributed by atoms with Crippen molar-refractivity contribution in [1.29, 1.82) is 0 Å². The number of fused-ring (bicyclic) bond motifs is 2. The van der Waals surface area contributed by atoms with Gasteiger partial charge in [0.1, 0.15) is 5.75 Å². The van der Waals surface area contributed by atoms with Crippen LogP contribution in [0.4, 0.5) is 5.82 Å². The first kappa shape index (κ1) is 19.9. The average Bonchev–Trinajstić information content (AvgIpc) is 3.26. The zero-order chi connectivity index (χ0) is 21.2. The highest BCUT2D eigenvalue weighted by molar-refractivity contribution is 5.89. The first-order chi connectivity index (χ1) is 15.2. The molecule has 1 aromatic heterocycles. The van der Waals surface area contributed by atoms with Crippen molar-refractivity contribution in [2.24, 2.45) is 5.92 Å². The Labute approximate surface area is 181 Å². The molecule has 2 fully saturated rings. The van der Waals surface area contributed by atoms with E-state index in [-0.39, 0.29) is 5.97 Å². The molecule has 0 saturated carbocycles. The second-order valence-corrected chi connectivity index (χ2v) is 8.37. The lowest BCUT2D eigenvalue weighted by atomic mass is 9.91. The Balaban J connectivity index is 1.17. The van der Waals surface area contributed by atoms with Gasteiger partial charge in [0.25, 0.3) is 0 Å². The lowest BCUT2D eigenvalue weighted by Crippen LogP contribution is -2.57. The molecule has 2 saturated heterocycles. The third-order valence-electron chi connectivity index (χ3n) is 6.40. The van der Waals surface area contributed by atoms with Crippen LogP contribution in [0.1, 0.15) is 23.2 Å². The summed E-state index contributed by atoms with van der Waals surface area (Å²) in [4.78, 5) is 16.7. The fourth-order valence-corrected chi connectivity index (χ4v) is 4.73. The molecule has 2 aromatic carbocycles. The van der Waals surface area contributed by atoms with Crippen LogP contribution >= 0.6 is 0 Å². The monoisotopic (exact) mass is 421 g/mol. The molecule has 7 nitrogen and oxygen atoms in total. The van der Waals surface area contributed by atoms with Crippen molar-refractivity contribution in [2.75, 3.05) is 44.8 Å². The second-order valence-electron chi connectivity index (χ2n) is 8.37. The van der Waals surface area contributed by atoms with Gasteiger partial charge in [0.2, 0.25) is 0 Å². The zero-order valence-electron chi connectivity index (χ0n) is 17.7. The number of para-hydroxylation sites is 1. The van der Waals surface area contributed by atoms with Crippen LogP contribution in [0.15, 0.2) is 53.1 Å². The van der Waals surface area contributed by atoms with Crippen LogP contribution in [0, 0.1) is 5.92 Å². The highest BCUT2D eigenvalue weighted by Gasteiger charge is 2.34. The zero-order valence-corrected chi connectivity index (χ0v) is 17.7. The summed E-state index contributed by atoms with van der Waals surface area (Å²) in [5.41, 5.74) is 1.36. The maximum atomic E-state index is 11.7. The van der Waals surface area contributed by atoms with Crippen LogP contribution < -0.4 is 9.64 Å². The molecule has 0 spiro atoms. The summed E-state index contributed by atoms with van der Waals surface area (Å²) in [6.07, 6.45) is 2.27. The molecule has 0 radical (unpaired) electrons. The molecule has 5 rings (SSSR count). The van der Waals surface area contributed by atoms with E-state index >= 15 is 0 Å². The number of methoxy groups -OCH3 is 1. The van der Waals surface area contributed by atoms with Gasteiger partial charge in [0.15, 0.2) is 11.4 Å². The van der Waals surface area contributed by atoms with Gasteiger partial charge in [0, 0.05) is 38.1 Å². The van der Waals surface area contributed by atoms with E-state index in [0.29, 0.717) is 29.9 Å². The minimum Gasteiger partial charge on any atom is -0.493 e. The molecule has 7 heteroatoms. The molecule has 2 atom stereocenters. The first-order valence-corrected chi connectivity index (χ1v) is 10.9. The number of benzene rings is 2. The van der Waals surface area contributed by atoms with E-state index in [1.54, 1.807) is 12.1 Å². The maximum Gasteiger partial charge on any atom is 0.337 e. The highest BCUT2D eigenvalue weighted by Crippen LogP contribution is 2.31. The van der Waals surface area contributed by atoms with Gasteiger partial charge in [-0.25, -0.2) is 4.79 Å². The summed E-state index contributed by atoms with van der Waals surface area (Å²) in [6, 6.07) is 15.8. The number of piperidine rings is 1. The third-order valence-corrected chi connectivity index (χ3v) is 6.40. The average molecular weight is 421 g/mol. The van der Waals surface area contributed by atoms with Crippen molar-refractivity contribution in [2.45, 2.75) is 18.9 Å². The smallest absolute Gasteiger partial charge is 0.337 e. The van der Waals surface area contributed by atoms with Gasteiger partial charge in [-0.3, -0.25) is 4.90 Å². The molecule has 2 aliphatic heterocycles. The second kappa shape index (κ2) is 8.59. The van der Waals surface area contributed by atoms with Gasteiger partial charge in [-0.05, 0) is 43.2 Å². The van der Waals surface area contributed by atoms with Gasteiger partial charge < -0.3 is 18.9 Å². The number of carbonyl (C=O) groups is 1. The number of hydrogen-bond acceptors (Lipinski definition) is 7. The maximum absolute atomic E-state index is 11.7. The molecule has 162 valence electrons. The number of nitrogens with zero attached hydrogens (tertiary/aromatic N) is 3. The molecule has 0 aliphatic carbocycles. The normalized spacial score (nSPS) is 21.6. The van der Waals surface area contributed by atoms with Crippen molar-refractivity contribution in [1.82, 2.24) is 10.1 Å². The first-order valence-electron chi connectivity index (χ1n) is 10.9. The summed E-state index contributed by atoms with van der Waals surface area (Å²) in [5, 5.41) is 5.43. The van der Waals surface area contributed by atoms with Crippen molar-refractivity contribution in [3.05, 3.63) is 54.1 Å². The van der Waals surface area contributed by atoms with Crippen LogP contribution in [0.25, 0.3) is 11.0 Å². The van der Waals surface area contributed by atoms with Crippen molar-refractivity contribution in [3.63, 3.8) is 0 Å². The van der Waals surface area contributed by atoms with Crippen LogP contribution in [-0.2, 0) is 4.74 Å². The standard InChI is InChI=1S/C24H27N3O4/c1-29-24(28)18-5-4-6-20(13-18)30-16-17-9-10-19-15-27(12-11-26(19)14-17)23-21-7-2-3-8-22(21)31-25-23/h2-8,13,17,19H,9-12,14-16H2,1H3. The number of anilines is 1. The lowest BCUT2D eigenvalue weighted by molar-refractivity contribution is 0.0599. The van der Waals surface area contributed by atoms with Crippen molar-refractivity contribution in [3.8, 4) is 5.75 Å². The van der Waals surface area contributed by atoms with E-state index in [1.807, 2.05) is 30.3 Å². The molecule has 2 aliphatic rings. The van der Waals surface area contributed by atoms with Gasteiger partial charge in [-0.15, -0.1) is 0 Å². The summed E-state index contributed by atoms with van der Waals surface area (Å²) < 4.78 is 16.3. The van der Waals surface area contributed by atoms with E-state index in [4.69, 9.17) is 14.0 Å². The Hall–Kier alpha value is -3.06. The van der Waals surface area contributed by atoms with Gasteiger partial charge in [-0.1, -0.05) is 23.4 Å². The van der Waals surface area contributed by atoms with Crippen LogP contribution in [0.5, 0.6) is 5.75 Å². The molecule has 0 amide bonds. The predicted octanol–water partition coefficient (Wildman–Crippen LogP) is 3.59. The van der Waals surface area contributed by atoms with Crippen LogP contribution in [0.3, 0.4) is 0 Å². The molecule has 0 bridgehead atoms. The molecule has 31 heavy (non-hydrogen) atoms. The quantitative estimate of drug-likeness (QED) is 0.583. The number of carbonyl (C=O) groups excluding carboxylic acids is 1. The van der Waals surface area contributed by atoms with Crippen molar-refractivity contribution >= 4 is 22.8 Å². The number of aromatic nitrogens is 1. The molecular formula is C24H27N3O4. The van der Waals surface area contributed by atoms with Crippen molar-refractivity contribution < 1.29 is 18.8 Å². The fraction of sp³-hybridized carbons (Fsp3) is 0.417. The Morgan fingerprint density at radius 3 is 2.94 bits per heavy atom. The number of piperazine rings is 1. The lowest BCUT2D eigenvalue weighted by Gasteiger charge is -2.46. The van der Waals surface area contributed by atoms with E-state index in [1.165, 1.54) is 7.11 Å². The van der Waals surface area contributed by atoms with E-state index in [9.17, 15) is 4.79 Å². The Kier molecular flexibility index (Phi) is 5.51. The molecule has 0 N–H and O–H groups in total. The van der Waals surface area contributed by atoms with E-state index in [2.05, 4.69) is 21.0 Å². The van der Waals surface area contributed by atoms with E-state index in [0.717, 1.165) is 55.8 Å². The summed E-state index contributed by atoms with van der Waals surface area (Å²) in [7, 11) is 1.39. The minimum absolute atomic E-state index is 0.344. The van der Waals surface area contributed by atoms with Gasteiger partial charge in [0.05, 0.1) is 24.7 Å². The van der Waals surface area contributed by atoms with Crippen LogP contribution in [-0.4, -0.2) is 62.0 Å². The molecule has 3 aromatic rings. The summed E-state index contributed by atoms with van der Waals surface area (Å²) >= 11 is 0. The van der Waals surface area contributed by atoms with E-state index < -0.39 is 0 Å². The number of rotatable bonds is 5. The summed E-state index contributed by atoms with van der Waals surface area (Å²) in [6.45, 7) is 4.63. The predicted molar refractivity (Wildman–Crippen MR) is 118 cm³/mol.